The number of nitrogens with one attached hydrogen (secondary N) is 1. The summed E-state index contributed by atoms with van der Waals surface area (Å²) in [6, 6.07) is 14.0. The van der Waals surface area contributed by atoms with Crippen LogP contribution in [0.1, 0.15) is 40.5 Å². The molecular weight excluding hydrogens is 378 g/mol. The third-order valence-electron chi connectivity index (χ3n) is 5.61. The molecule has 0 spiro atoms. The number of fused-ring (bicyclic) bond motifs is 2. The third kappa shape index (κ3) is 3.80. The van der Waals surface area contributed by atoms with Gasteiger partial charge in [-0.1, -0.05) is 30.3 Å². The summed E-state index contributed by atoms with van der Waals surface area (Å²) in [6.07, 6.45) is 7.77. The second-order valence-electron chi connectivity index (χ2n) is 7.62. The minimum Gasteiger partial charge on any atom is -0.348 e. The van der Waals surface area contributed by atoms with Crippen LogP contribution in [0.5, 0.6) is 0 Å². The normalized spacial score (nSPS) is 16.2. The highest BCUT2D eigenvalue weighted by Gasteiger charge is 2.22. The molecule has 8 nitrogen and oxygen atoms in total. The summed E-state index contributed by atoms with van der Waals surface area (Å²) in [4.78, 5) is 16.9. The summed E-state index contributed by atoms with van der Waals surface area (Å²) in [6.45, 7) is 0.810. The quantitative estimate of drug-likeness (QED) is 0.554. The fourth-order valence-electron chi connectivity index (χ4n) is 3.98. The Hall–Kier alpha value is -3.55. The molecule has 0 radical (unpaired) electrons. The molecule has 5 rings (SSSR count). The Morgan fingerprint density at radius 3 is 2.87 bits per heavy atom. The zero-order chi connectivity index (χ0) is 20.3. The van der Waals surface area contributed by atoms with Gasteiger partial charge < -0.3 is 9.88 Å². The molecule has 0 aliphatic carbocycles. The van der Waals surface area contributed by atoms with E-state index in [-0.39, 0.29) is 11.9 Å². The molecule has 4 heterocycles. The van der Waals surface area contributed by atoms with Gasteiger partial charge in [0.15, 0.2) is 11.3 Å². The first kappa shape index (κ1) is 18.5. The molecule has 0 fully saturated rings. The number of carbonyl (C=O) groups is 1. The molecule has 152 valence electrons. The molecule has 1 aliphatic rings. The molecule has 1 N–H and O–H groups in total. The topological polar surface area (TPSA) is 90.0 Å². The molecule has 1 aromatic carbocycles. The Morgan fingerprint density at radius 1 is 1.10 bits per heavy atom. The van der Waals surface area contributed by atoms with E-state index in [0.717, 1.165) is 50.3 Å². The number of amides is 1. The van der Waals surface area contributed by atoms with Gasteiger partial charge in [0.05, 0.1) is 0 Å². The number of hydrogen-bond acceptors (Lipinski definition) is 5. The summed E-state index contributed by atoms with van der Waals surface area (Å²) in [5, 5.41) is 16.3. The van der Waals surface area contributed by atoms with E-state index in [9.17, 15) is 4.79 Å². The number of nitrogens with zero attached hydrogens (tertiary/aromatic N) is 6. The maximum Gasteiger partial charge on any atom is 0.272 e. The summed E-state index contributed by atoms with van der Waals surface area (Å²) >= 11 is 0. The third-order valence-corrected chi connectivity index (χ3v) is 5.61. The van der Waals surface area contributed by atoms with Crippen molar-refractivity contribution in [1.29, 1.82) is 0 Å². The molecule has 0 bridgehead atoms. The molecule has 0 saturated heterocycles. The van der Waals surface area contributed by atoms with Gasteiger partial charge in [-0.05, 0) is 30.9 Å². The first-order valence-corrected chi connectivity index (χ1v) is 10.3. The second-order valence-corrected chi connectivity index (χ2v) is 7.62. The Labute approximate surface area is 174 Å². The summed E-state index contributed by atoms with van der Waals surface area (Å²) in [5.74, 6) is 1.87. The van der Waals surface area contributed by atoms with Crippen LogP contribution in [0.3, 0.4) is 0 Å². The van der Waals surface area contributed by atoms with Gasteiger partial charge in [0.1, 0.15) is 11.6 Å². The van der Waals surface area contributed by atoms with Gasteiger partial charge in [0.2, 0.25) is 0 Å². The maximum atomic E-state index is 12.7. The Bertz CT molecular complexity index is 1130. The lowest BCUT2D eigenvalue weighted by atomic mass is 10.1. The van der Waals surface area contributed by atoms with Crippen LogP contribution < -0.4 is 5.32 Å². The Balaban J connectivity index is 1.22. The highest BCUT2D eigenvalue weighted by molar-refractivity contribution is 5.93. The molecule has 8 heteroatoms. The Kier molecular flexibility index (Phi) is 4.96. The smallest absolute Gasteiger partial charge is 0.272 e. The number of aromatic nitrogens is 6. The van der Waals surface area contributed by atoms with Gasteiger partial charge in [-0.15, -0.1) is 10.2 Å². The van der Waals surface area contributed by atoms with Crippen LogP contribution in [-0.2, 0) is 25.8 Å². The number of benzene rings is 1. The molecular formula is C22H23N7O. The van der Waals surface area contributed by atoms with E-state index in [1.807, 2.05) is 6.07 Å². The van der Waals surface area contributed by atoms with E-state index in [4.69, 9.17) is 0 Å². The van der Waals surface area contributed by atoms with E-state index >= 15 is 0 Å². The summed E-state index contributed by atoms with van der Waals surface area (Å²) in [7, 11) is 0. The van der Waals surface area contributed by atoms with E-state index in [0.29, 0.717) is 11.3 Å². The van der Waals surface area contributed by atoms with Crippen LogP contribution in [0.4, 0.5) is 0 Å². The van der Waals surface area contributed by atoms with Crippen molar-refractivity contribution < 1.29 is 4.79 Å². The van der Waals surface area contributed by atoms with Crippen LogP contribution in [0.25, 0.3) is 5.65 Å². The average Bonchev–Trinajstić information content (AvgIpc) is 3.33. The molecule has 1 amide bonds. The van der Waals surface area contributed by atoms with E-state index in [1.165, 1.54) is 5.56 Å². The van der Waals surface area contributed by atoms with E-state index in [2.05, 4.69) is 54.4 Å². The van der Waals surface area contributed by atoms with Gasteiger partial charge in [0, 0.05) is 43.9 Å². The predicted molar refractivity (Wildman–Crippen MR) is 111 cm³/mol. The zero-order valence-corrected chi connectivity index (χ0v) is 16.6. The minimum atomic E-state index is -0.160. The van der Waals surface area contributed by atoms with Crippen LogP contribution in [-0.4, -0.2) is 41.3 Å². The lowest BCUT2D eigenvalue weighted by molar-refractivity contribution is 0.0927. The monoisotopic (exact) mass is 401 g/mol. The highest BCUT2D eigenvalue weighted by atomic mass is 16.2. The van der Waals surface area contributed by atoms with Crippen molar-refractivity contribution in [2.24, 2.45) is 0 Å². The second kappa shape index (κ2) is 8.06. The SMILES string of the molecule is O=C(NC1CCc2nnc(CCc3ccccc3)n2CC1)c1cc2ncccn2n1. The fraction of sp³-hybridized carbons (Fsp3) is 0.318. The molecule has 1 aliphatic heterocycles. The molecule has 30 heavy (non-hydrogen) atoms. The lowest BCUT2D eigenvalue weighted by Crippen LogP contribution is -2.35. The van der Waals surface area contributed by atoms with E-state index in [1.54, 1.807) is 29.0 Å². The van der Waals surface area contributed by atoms with Crippen molar-refractivity contribution in [1.82, 2.24) is 34.7 Å². The van der Waals surface area contributed by atoms with E-state index < -0.39 is 0 Å². The van der Waals surface area contributed by atoms with Crippen LogP contribution in [0, 0.1) is 0 Å². The van der Waals surface area contributed by atoms with Crippen molar-refractivity contribution in [2.45, 2.75) is 44.7 Å². The molecule has 1 atom stereocenters. The van der Waals surface area contributed by atoms with Crippen molar-refractivity contribution in [2.75, 3.05) is 0 Å². The molecule has 4 aromatic rings. The molecule has 0 saturated carbocycles. The lowest BCUT2D eigenvalue weighted by Gasteiger charge is -2.15. The first-order valence-electron chi connectivity index (χ1n) is 10.3. The predicted octanol–water partition coefficient (Wildman–Crippen LogP) is 2.24. The van der Waals surface area contributed by atoms with Gasteiger partial charge in [-0.2, -0.15) is 5.10 Å². The largest absolute Gasteiger partial charge is 0.348 e. The molecule has 1 unspecified atom stereocenters. The fourth-order valence-corrected chi connectivity index (χ4v) is 3.98. The Morgan fingerprint density at radius 2 is 2.00 bits per heavy atom. The summed E-state index contributed by atoms with van der Waals surface area (Å²) in [5.41, 5.74) is 2.36. The van der Waals surface area contributed by atoms with Crippen molar-refractivity contribution in [3.8, 4) is 0 Å². The van der Waals surface area contributed by atoms with Crippen molar-refractivity contribution in [3.05, 3.63) is 77.8 Å². The number of carbonyl (C=O) groups excluding carboxylic acids is 1. The first-order chi connectivity index (χ1) is 14.8. The average molecular weight is 401 g/mol. The van der Waals surface area contributed by atoms with Crippen molar-refractivity contribution in [3.63, 3.8) is 0 Å². The standard InChI is InChI=1S/C22H23N7O/c30-22(18-15-21-23-12-4-13-29(21)27-18)24-17-8-10-20-26-25-19(28(20)14-11-17)9-7-16-5-2-1-3-6-16/h1-6,12-13,15,17H,7-11,14H2,(H,24,30). The summed E-state index contributed by atoms with van der Waals surface area (Å²) < 4.78 is 3.84. The maximum absolute atomic E-state index is 12.7. The highest BCUT2D eigenvalue weighted by Crippen LogP contribution is 2.17. The van der Waals surface area contributed by atoms with Crippen molar-refractivity contribution >= 4 is 11.6 Å². The van der Waals surface area contributed by atoms with Crippen LogP contribution in [0.2, 0.25) is 0 Å². The van der Waals surface area contributed by atoms with Gasteiger partial charge in [0.25, 0.3) is 5.91 Å². The van der Waals surface area contributed by atoms with Gasteiger partial charge >= 0.3 is 0 Å². The van der Waals surface area contributed by atoms with Gasteiger partial charge in [-0.25, -0.2) is 9.50 Å². The van der Waals surface area contributed by atoms with Gasteiger partial charge in [-0.3, -0.25) is 4.79 Å². The van der Waals surface area contributed by atoms with Crippen LogP contribution >= 0.6 is 0 Å². The number of hydrogen-bond donors (Lipinski definition) is 1. The van der Waals surface area contributed by atoms with Crippen LogP contribution in [0.15, 0.2) is 54.9 Å². The molecule has 3 aromatic heterocycles. The number of rotatable bonds is 5. The zero-order valence-electron chi connectivity index (χ0n) is 16.6. The minimum absolute atomic E-state index is 0.0824. The number of aryl methyl sites for hydroxylation is 3.